The third kappa shape index (κ3) is 5.50. The van der Waals surface area contributed by atoms with Gasteiger partial charge >= 0.3 is 5.97 Å². The number of rotatable bonds is 9. The normalized spacial score (nSPS) is 11.2. The molecule has 36 heavy (non-hydrogen) atoms. The Bertz CT molecular complexity index is 1500. The first kappa shape index (κ1) is 24.8. The SMILES string of the molecule is CCOc1cc(/C=C(/C#N)c2nc3ccc(OC)cc3[nH]2)cc(Br)c1OCc1cccc(C(=O)O)c1. The molecule has 9 heteroatoms. The second-order valence-electron chi connectivity index (χ2n) is 7.70. The van der Waals surface area contributed by atoms with Crippen LogP contribution < -0.4 is 14.2 Å². The Hall–Kier alpha value is -4.29. The number of carboxylic acids is 1. The average molecular weight is 548 g/mol. The van der Waals surface area contributed by atoms with Crippen molar-refractivity contribution >= 4 is 44.6 Å². The van der Waals surface area contributed by atoms with E-state index in [1.165, 1.54) is 6.07 Å². The number of carbonyl (C=O) groups is 1. The van der Waals surface area contributed by atoms with Gasteiger partial charge in [-0.1, -0.05) is 12.1 Å². The van der Waals surface area contributed by atoms with Crippen LogP contribution in [0.1, 0.15) is 34.2 Å². The smallest absolute Gasteiger partial charge is 0.335 e. The number of aromatic nitrogens is 2. The van der Waals surface area contributed by atoms with E-state index in [1.807, 2.05) is 31.2 Å². The monoisotopic (exact) mass is 547 g/mol. The summed E-state index contributed by atoms with van der Waals surface area (Å²) < 4.78 is 17.7. The molecule has 0 fully saturated rings. The van der Waals surface area contributed by atoms with Gasteiger partial charge in [0.05, 0.1) is 40.4 Å². The minimum Gasteiger partial charge on any atom is -0.497 e. The predicted molar refractivity (Wildman–Crippen MR) is 139 cm³/mol. The molecule has 4 aromatic rings. The number of hydrogen-bond acceptors (Lipinski definition) is 6. The Morgan fingerprint density at radius 3 is 2.75 bits per heavy atom. The Morgan fingerprint density at radius 1 is 1.19 bits per heavy atom. The molecule has 0 bridgehead atoms. The molecular formula is C27H22BrN3O5. The van der Waals surface area contributed by atoms with Gasteiger partial charge in [-0.25, -0.2) is 9.78 Å². The van der Waals surface area contributed by atoms with Gasteiger partial charge in [-0.3, -0.25) is 0 Å². The van der Waals surface area contributed by atoms with Gasteiger partial charge in [0, 0.05) is 6.07 Å². The van der Waals surface area contributed by atoms with Crippen molar-refractivity contribution in [3.8, 4) is 23.3 Å². The molecule has 3 aromatic carbocycles. The number of fused-ring (bicyclic) bond motifs is 1. The van der Waals surface area contributed by atoms with Crippen LogP contribution in [0.5, 0.6) is 17.2 Å². The number of nitriles is 1. The number of H-pyrrole nitrogens is 1. The number of nitrogens with one attached hydrogen (secondary N) is 1. The maximum absolute atomic E-state index is 11.2. The lowest BCUT2D eigenvalue weighted by Crippen LogP contribution is -2.03. The highest BCUT2D eigenvalue weighted by Crippen LogP contribution is 2.38. The number of halogens is 1. The fraction of sp³-hybridized carbons (Fsp3) is 0.148. The molecular weight excluding hydrogens is 526 g/mol. The summed E-state index contributed by atoms with van der Waals surface area (Å²) in [6.45, 7) is 2.42. The Morgan fingerprint density at radius 2 is 2.03 bits per heavy atom. The van der Waals surface area contributed by atoms with E-state index in [9.17, 15) is 15.2 Å². The molecule has 0 unspecified atom stereocenters. The molecule has 182 valence electrons. The van der Waals surface area contributed by atoms with Crippen LogP contribution in [0.2, 0.25) is 0 Å². The van der Waals surface area contributed by atoms with Crippen molar-refractivity contribution in [1.29, 1.82) is 5.26 Å². The van der Waals surface area contributed by atoms with Crippen LogP contribution >= 0.6 is 15.9 Å². The molecule has 0 spiro atoms. The van der Waals surface area contributed by atoms with Gasteiger partial charge in [0.25, 0.3) is 0 Å². The van der Waals surface area contributed by atoms with Crippen molar-refractivity contribution in [1.82, 2.24) is 9.97 Å². The van der Waals surface area contributed by atoms with Crippen molar-refractivity contribution in [2.24, 2.45) is 0 Å². The zero-order valence-corrected chi connectivity index (χ0v) is 21.1. The number of nitrogens with zero attached hydrogens (tertiary/aromatic N) is 2. The van der Waals surface area contributed by atoms with E-state index in [2.05, 4.69) is 32.0 Å². The van der Waals surface area contributed by atoms with Gasteiger partial charge in [-0.2, -0.15) is 5.26 Å². The second kappa shape index (κ2) is 11.0. The van der Waals surface area contributed by atoms with Crippen LogP contribution in [0.4, 0.5) is 0 Å². The first-order valence-electron chi connectivity index (χ1n) is 11.0. The minimum atomic E-state index is -0.999. The maximum Gasteiger partial charge on any atom is 0.335 e. The fourth-order valence-corrected chi connectivity index (χ4v) is 4.16. The van der Waals surface area contributed by atoms with Crippen molar-refractivity contribution in [2.45, 2.75) is 13.5 Å². The van der Waals surface area contributed by atoms with E-state index >= 15 is 0 Å². The molecule has 0 atom stereocenters. The number of allylic oxidation sites excluding steroid dienone is 1. The minimum absolute atomic E-state index is 0.154. The van der Waals surface area contributed by atoms with E-state index in [1.54, 1.807) is 37.5 Å². The van der Waals surface area contributed by atoms with Crippen molar-refractivity contribution in [2.75, 3.05) is 13.7 Å². The van der Waals surface area contributed by atoms with Crippen molar-refractivity contribution in [3.63, 3.8) is 0 Å². The van der Waals surface area contributed by atoms with Crippen LogP contribution in [-0.4, -0.2) is 34.8 Å². The summed E-state index contributed by atoms with van der Waals surface area (Å²) >= 11 is 3.54. The quantitative estimate of drug-likeness (QED) is 0.244. The largest absolute Gasteiger partial charge is 0.497 e. The van der Waals surface area contributed by atoms with E-state index in [0.29, 0.717) is 50.9 Å². The number of benzene rings is 3. The van der Waals surface area contributed by atoms with Gasteiger partial charge in [-0.15, -0.1) is 0 Å². The Labute approximate surface area is 215 Å². The number of methoxy groups -OCH3 is 1. The molecule has 1 aromatic heterocycles. The Balaban J connectivity index is 1.64. The van der Waals surface area contributed by atoms with Crippen LogP contribution in [0.15, 0.2) is 59.1 Å². The molecule has 0 radical (unpaired) electrons. The zero-order valence-electron chi connectivity index (χ0n) is 19.5. The topological polar surface area (TPSA) is 117 Å². The lowest BCUT2D eigenvalue weighted by Gasteiger charge is -2.15. The zero-order chi connectivity index (χ0) is 25.7. The highest BCUT2D eigenvalue weighted by atomic mass is 79.9. The number of carboxylic acid groups (broad SMARTS) is 1. The van der Waals surface area contributed by atoms with Crippen molar-refractivity contribution < 1.29 is 24.1 Å². The summed E-state index contributed by atoms with van der Waals surface area (Å²) in [7, 11) is 1.59. The summed E-state index contributed by atoms with van der Waals surface area (Å²) in [5.41, 5.74) is 3.44. The van der Waals surface area contributed by atoms with Gasteiger partial charge < -0.3 is 24.3 Å². The van der Waals surface area contributed by atoms with Gasteiger partial charge in [0.1, 0.15) is 24.3 Å². The number of imidazole rings is 1. The summed E-state index contributed by atoms with van der Waals surface area (Å²) in [6, 6.07) is 17.8. The third-order valence-corrected chi connectivity index (χ3v) is 5.85. The standard InChI is InChI=1S/C27H22BrN3O5/c1-3-35-24-12-17(10-19(14-29)26-30-22-8-7-20(34-2)13-23(22)31-26)11-21(28)25(24)36-15-16-5-4-6-18(9-16)27(32)33/h4-13H,3,15H2,1-2H3,(H,30,31)(H,32,33)/b19-10-. The third-order valence-electron chi connectivity index (χ3n) is 5.26. The molecule has 0 saturated carbocycles. The number of hydrogen-bond donors (Lipinski definition) is 2. The molecule has 2 N–H and O–H groups in total. The van der Waals surface area contributed by atoms with E-state index < -0.39 is 5.97 Å². The van der Waals surface area contributed by atoms with E-state index in [-0.39, 0.29) is 12.2 Å². The van der Waals surface area contributed by atoms with Crippen LogP contribution in [0.25, 0.3) is 22.7 Å². The lowest BCUT2D eigenvalue weighted by molar-refractivity contribution is 0.0696. The summed E-state index contributed by atoms with van der Waals surface area (Å²) in [4.78, 5) is 18.9. The molecule has 1 heterocycles. The predicted octanol–water partition coefficient (Wildman–Crippen LogP) is 6.07. The first-order valence-corrected chi connectivity index (χ1v) is 11.8. The van der Waals surface area contributed by atoms with Crippen LogP contribution in [-0.2, 0) is 6.61 Å². The maximum atomic E-state index is 11.2. The molecule has 0 aliphatic rings. The van der Waals surface area contributed by atoms with E-state index in [4.69, 9.17) is 14.2 Å². The van der Waals surface area contributed by atoms with Crippen LogP contribution in [0, 0.1) is 11.3 Å². The summed E-state index contributed by atoms with van der Waals surface area (Å²) in [5, 5.41) is 19.0. The summed E-state index contributed by atoms with van der Waals surface area (Å²) in [6.07, 6.45) is 1.71. The molecule has 0 saturated heterocycles. The van der Waals surface area contributed by atoms with E-state index in [0.717, 1.165) is 11.0 Å². The number of ether oxygens (including phenoxy) is 3. The van der Waals surface area contributed by atoms with Gasteiger partial charge in [0.2, 0.25) is 0 Å². The molecule has 0 aliphatic carbocycles. The van der Waals surface area contributed by atoms with Gasteiger partial charge in [-0.05, 0) is 76.5 Å². The molecule has 0 aliphatic heterocycles. The number of aromatic carboxylic acids is 1. The first-order chi connectivity index (χ1) is 17.4. The number of aromatic amines is 1. The molecule has 0 amide bonds. The van der Waals surface area contributed by atoms with Crippen LogP contribution in [0.3, 0.4) is 0 Å². The highest BCUT2D eigenvalue weighted by molar-refractivity contribution is 9.10. The summed E-state index contributed by atoms with van der Waals surface area (Å²) in [5.74, 6) is 1.09. The van der Waals surface area contributed by atoms with Crippen molar-refractivity contribution in [3.05, 3.63) is 81.6 Å². The highest BCUT2D eigenvalue weighted by Gasteiger charge is 2.15. The lowest BCUT2D eigenvalue weighted by atomic mass is 10.1. The fourth-order valence-electron chi connectivity index (χ4n) is 3.59. The second-order valence-corrected chi connectivity index (χ2v) is 8.55. The Kier molecular flexibility index (Phi) is 7.56. The van der Waals surface area contributed by atoms with Gasteiger partial charge in [0.15, 0.2) is 11.5 Å². The average Bonchev–Trinajstić information content (AvgIpc) is 3.30. The molecule has 4 rings (SSSR count). The molecule has 8 nitrogen and oxygen atoms in total.